The Balaban J connectivity index is 2.01. The Bertz CT molecular complexity index is 316. The van der Waals surface area contributed by atoms with E-state index in [-0.39, 0.29) is 0 Å². The molecule has 0 atom stereocenters. The topological polar surface area (TPSA) is 42.1 Å². The first-order valence-corrected chi connectivity index (χ1v) is 5.77. The van der Waals surface area contributed by atoms with Crippen LogP contribution in [0.2, 0.25) is 0 Å². The normalized spacial score (nSPS) is 18.1. The molecule has 15 heavy (non-hydrogen) atoms. The van der Waals surface area contributed by atoms with E-state index in [0.29, 0.717) is 5.82 Å². The molecule has 2 rings (SSSR count). The Morgan fingerprint density at radius 1 is 1.40 bits per heavy atom. The minimum absolute atomic E-state index is 0.616. The maximum Gasteiger partial charge on any atom is 0.130 e. The van der Waals surface area contributed by atoms with Gasteiger partial charge in [-0.15, -0.1) is 0 Å². The summed E-state index contributed by atoms with van der Waals surface area (Å²) >= 11 is 0. The molecular formula is C12H19N3. The summed E-state index contributed by atoms with van der Waals surface area (Å²) in [5.74, 6) is 2.55. The first-order valence-electron chi connectivity index (χ1n) is 5.77. The van der Waals surface area contributed by atoms with Gasteiger partial charge in [0.1, 0.15) is 11.6 Å². The van der Waals surface area contributed by atoms with Crippen LogP contribution in [0.1, 0.15) is 26.2 Å². The molecule has 82 valence electrons. The predicted octanol–water partition coefficient (Wildman–Crippen LogP) is 2.29. The van der Waals surface area contributed by atoms with E-state index in [1.54, 1.807) is 0 Å². The molecule has 1 aromatic rings. The van der Waals surface area contributed by atoms with Crippen LogP contribution in [0.25, 0.3) is 0 Å². The predicted molar refractivity (Wildman–Crippen MR) is 63.9 cm³/mol. The van der Waals surface area contributed by atoms with Gasteiger partial charge in [-0.1, -0.05) is 19.4 Å². The van der Waals surface area contributed by atoms with Crippen LogP contribution in [-0.2, 0) is 0 Å². The van der Waals surface area contributed by atoms with E-state index in [2.05, 4.69) is 16.8 Å². The molecule has 0 amide bonds. The van der Waals surface area contributed by atoms with E-state index in [9.17, 15) is 0 Å². The van der Waals surface area contributed by atoms with Crippen molar-refractivity contribution in [3.8, 4) is 0 Å². The van der Waals surface area contributed by atoms with Gasteiger partial charge >= 0.3 is 0 Å². The molecule has 1 aliphatic rings. The molecule has 0 spiro atoms. The third kappa shape index (κ3) is 2.41. The summed E-state index contributed by atoms with van der Waals surface area (Å²) in [6.07, 6.45) is 3.87. The number of nitrogens with zero attached hydrogens (tertiary/aromatic N) is 2. The highest BCUT2D eigenvalue weighted by Gasteiger charge is 2.18. The van der Waals surface area contributed by atoms with Crippen LogP contribution in [0.5, 0.6) is 0 Å². The summed E-state index contributed by atoms with van der Waals surface area (Å²) in [5, 5.41) is 0. The number of piperidine rings is 1. The average molecular weight is 205 g/mol. The zero-order chi connectivity index (χ0) is 10.7. The number of pyridine rings is 1. The fourth-order valence-corrected chi connectivity index (χ4v) is 2.19. The summed E-state index contributed by atoms with van der Waals surface area (Å²) in [7, 11) is 0. The van der Waals surface area contributed by atoms with Crippen molar-refractivity contribution in [2.45, 2.75) is 26.2 Å². The van der Waals surface area contributed by atoms with Crippen molar-refractivity contribution in [3.05, 3.63) is 18.2 Å². The quantitative estimate of drug-likeness (QED) is 0.805. The Kier molecular flexibility index (Phi) is 3.09. The SMILES string of the molecule is CCC1CCN(c2cccc(N)n2)CC1. The number of hydrogen-bond donors (Lipinski definition) is 1. The van der Waals surface area contributed by atoms with Gasteiger partial charge in [0.05, 0.1) is 0 Å². The minimum Gasteiger partial charge on any atom is -0.384 e. The Morgan fingerprint density at radius 3 is 2.73 bits per heavy atom. The molecule has 3 heteroatoms. The number of anilines is 2. The van der Waals surface area contributed by atoms with Gasteiger partial charge in [-0.05, 0) is 30.9 Å². The summed E-state index contributed by atoms with van der Waals surface area (Å²) in [6.45, 7) is 4.52. The molecule has 1 aliphatic heterocycles. The smallest absolute Gasteiger partial charge is 0.130 e. The van der Waals surface area contributed by atoms with Crippen molar-refractivity contribution in [3.63, 3.8) is 0 Å². The molecule has 0 aromatic carbocycles. The van der Waals surface area contributed by atoms with Crippen LogP contribution in [0.3, 0.4) is 0 Å². The van der Waals surface area contributed by atoms with E-state index in [4.69, 9.17) is 5.73 Å². The zero-order valence-electron chi connectivity index (χ0n) is 9.32. The lowest BCUT2D eigenvalue weighted by Gasteiger charge is -2.32. The second-order valence-electron chi connectivity index (χ2n) is 4.26. The second-order valence-corrected chi connectivity index (χ2v) is 4.26. The maximum absolute atomic E-state index is 5.68. The number of nitrogen functional groups attached to an aromatic ring is 1. The fraction of sp³-hybridized carbons (Fsp3) is 0.583. The van der Waals surface area contributed by atoms with Crippen molar-refractivity contribution >= 4 is 11.6 Å². The first kappa shape index (κ1) is 10.3. The van der Waals surface area contributed by atoms with Gasteiger partial charge in [-0.2, -0.15) is 0 Å². The van der Waals surface area contributed by atoms with Crippen molar-refractivity contribution in [2.24, 2.45) is 5.92 Å². The average Bonchev–Trinajstić information content (AvgIpc) is 2.29. The third-order valence-corrected chi connectivity index (χ3v) is 3.27. The van der Waals surface area contributed by atoms with Gasteiger partial charge in [-0.25, -0.2) is 4.98 Å². The Morgan fingerprint density at radius 2 is 2.13 bits per heavy atom. The van der Waals surface area contributed by atoms with Crippen LogP contribution in [0, 0.1) is 5.92 Å². The standard InChI is InChI=1S/C12H19N3/c1-2-10-6-8-15(9-7-10)12-5-3-4-11(13)14-12/h3-5,10H,2,6-9H2,1H3,(H2,13,14). The molecule has 2 heterocycles. The zero-order valence-corrected chi connectivity index (χ0v) is 9.32. The molecule has 3 nitrogen and oxygen atoms in total. The van der Waals surface area contributed by atoms with Crippen molar-refractivity contribution in [1.29, 1.82) is 0 Å². The van der Waals surface area contributed by atoms with Crippen molar-refractivity contribution in [1.82, 2.24) is 4.98 Å². The minimum atomic E-state index is 0.616. The van der Waals surface area contributed by atoms with Crippen LogP contribution in [0.4, 0.5) is 11.6 Å². The van der Waals surface area contributed by atoms with Gasteiger partial charge in [0.15, 0.2) is 0 Å². The van der Waals surface area contributed by atoms with Gasteiger partial charge in [0, 0.05) is 13.1 Å². The maximum atomic E-state index is 5.68. The van der Waals surface area contributed by atoms with Crippen molar-refractivity contribution < 1.29 is 0 Å². The molecule has 1 saturated heterocycles. The van der Waals surface area contributed by atoms with Crippen molar-refractivity contribution in [2.75, 3.05) is 23.7 Å². The molecular weight excluding hydrogens is 186 g/mol. The summed E-state index contributed by atoms with van der Waals surface area (Å²) in [5.41, 5.74) is 5.68. The first-order chi connectivity index (χ1) is 7.29. The van der Waals surface area contributed by atoms with Gasteiger partial charge in [-0.3, -0.25) is 0 Å². The monoisotopic (exact) mass is 205 g/mol. The molecule has 1 fully saturated rings. The number of aromatic nitrogens is 1. The van der Waals surface area contributed by atoms with E-state index < -0.39 is 0 Å². The highest BCUT2D eigenvalue weighted by atomic mass is 15.2. The third-order valence-electron chi connectivity index (χ3n) is 3.27. The van der Waals surface area contributed by atoms with Crippen LogP contribution >= 0.6 is 0 Å². The molecule has 1 aromatic heterocycles. The molecule has 0 unspecified atom stereocenters. The van der Waals surface area contributed by atoms with Crippen LogP contribution in [-0.4, -0.2) is 18.1 Å². The highest BCUT2D eigenvalue weighted by Crippen LogP contribution is 2.23. The molecule has 0 bridgehead atoms. The largest absolute Gasteiger partial charge is 0.384 e. The molecule has 0 saturated carbocycles. The highest BCUT2D eigenvalue weighted by molar-refractivity contribution is 5.44. The molecule has 0 aliphatic carbocycles. The van der Waals surface area contributed by atoms with E-state index in [1.807, 2.05) is 18.2 Å². The van der Waals surface area contributed by atoms with Gasteiger partial charge in [0.2, 0.25) is 0 Å². The second kappa shape index (κ2) is 4.51. The molecule has 2 N–H and O–H groups in total. The Labute approximate surface area is 91.3 Å². The molecule has 0 radical (unpaired) electrons. The lowest BCUT2D eigenvalue weighted by atomic mass is 9.94. The van der Waals surface area contributed by atoms with Gasteiger partial charge in [0.25, 0.3) is 0 Å². The Hall–Kier alpha value is -1.25. The van der Waals surface area contributed by atoms with Crippen LogP contribution < -0.4 is 10.6 Å². The number of nitrogens with two attached hydrogens (primary N) is 1. The number of hydrogen-bond acceptors (Lipinski definition) is 3. The van der Waals surface area contributed by atoms with Crippen LogP contribution in [0.15, 0.2) is 18.2 Å². The fourth-order valence-electron chi connectivity index (χ4n) is 2.19. The van der Waals surface area contributed by atoms with Gasteiger partial charge < -0.3 is 10.6 Å². The summed E-state index contributed by atoms with van der Waals surface area (Å²) < 4.78 is 0. The summed E-state index contributed by atoms with van der Waals surface area (Å²) in [4.78, 5) is 6.69. The van der Waals surface area contributed by atoms with E-state index >= 15 is 0 Å². The summed E-state index contributed by atoms with van der Waals surface area (Å²) in [6, 6.07) is 5.86. The number of rotatable bonds is 2. The van der Waals surface area contributed by atoms with E-state index in [1.165, 1.54) is 19.3 Å². The lowest BCUT2D eigenvalue weighted by molar-refractivity contribution is 0.394. The lowest BCUT2D eigenvalue weighted by Crippen LogP contribution is -2.34. The van der Waals surface area contributed by atoms with E-state index in [0.717, 1.165) is 24.8 Å².